The minimum absolute atomic E-state index is 0.0277. The summed E-state index contributed by atoms with van der Waals surface area (Å²) in [6, 6.07) is 11.0. The van der Waals surface area contributed by atoms with E-state index in [4.69, 9.17) is 9.47 Å². The fourth-order valence-corrected chi connectivity index (χ4v) is 3.08. The standard InChI is InChI=1S/C22H21N3O8/c1-4-32-18-12-14(11-17(25(29)30)19(18)33-13(2)22(28)31-3)10-16-20(26)23-24(21(16)27)15-8-6-5-7-9-15/h5-13H,4H2,1-3H3,(H,23,26). The lowest BCUT2D eigenvalue weighted by Crippen LogP contribution is -2.35. The Bertz CT molecular complexity index is 1130. The Morgan fingerprint density at radius 3 is 2.55 bits per heavy atom. The maximum absolute atomic E-state index is 12.8. The van der Waals surface area contributed by atoms with Gasteiger partial charge in [-0.05, 0) is 43.7 Å². The van der Waals surface area contributed by atoms with Gasteiger partial charge in [0.25, 0.3) is 11.8 Å². The number of carbonyl (C=O) groups is 3. The van der Waals surface area contributed by atoms with Crippen LogP contribution in [-0.2, 0) is 19.1 Å². The molecule has 1 aliphatic rings. The summed E-state index contributed by atoms with van der Waals surface area (Å²) in [5, 5.41) is 12.8. The zero-order valence-electron chi connectivity index (χ0n) is 18.1. The first kappa shape index (κ1) is 23.3. The fourth-order valence-electron chi connectivity index (χ4n) is 3.08. The van der Waals surface area contributed by atoms with Crippen LogP contribution in [0.4, 0.5) is 11.4 Å². The molecule has 1 fully saturated rings. The second kappa shape index (κ2) is 9.81. The van der Waals surface area contributed by atoms with Crippen molar-refractivity contribution in [2.45, 2.75) is 20.0 Å². The summed E-state index contributed by atoms with van der Waals surface area (Å²) in [6.07, 6.45) is 0.0858. The molecule has 0 radical (unpaired) electrons. The van der Waals surface area contributed by atoms with Crippen molar-refractivity contribution in [2.75, 3.05) is 18.7 Å². The summed E-state index contributed by atoms with van der Waals surface area (Å²) in [5.74, 6) is -2.31. The Hall–Kier alpha value is -4.41. The van der Waals surface area contributed by atoms with E-state index in [-0.39, 0.29) is 29.2 Å². The molecule has 0 spiro atoms. The smallest absolute Gasteiger partial charge is 0.346 e. The number of benzene rings is 2. The highest BCUT2D eigenvalue weighted by Crippen LogP contribution is 2.40. The number of methoxy groups -OCH3 is 1. The van der Waals surface area contributed by atoms with Crippen LogP contribution in [0.25, 0.3) is 6.08 Å². The molecular weight excluding hydrogens is 434 g/mol. The average molecular weight is 455 g/mol. The fraction of sp³-hybridized carbons (Fsp3) is 0.227. The predicted molar refractivity (Wildman–Crippen MR) is 116 cm³/mol. The maximum Gasteiger partial charge on any atom is 0.346 e. The number of nitro groups is 1. The van der Waals surface area contributed by atoms with E-state index >= 15 is 0 Å². The topological polar surface area (TPSA) is 137 Å². The number of nitrogens with zero attached hydrogens (tertiary/aromatic N) is 2. The molecule has 1 aliphatic heterocycles. The van der Waals surface area contributed by atoms with Crippen molar-refractivity contribution in [2.24, 2.45) is 0 Å². The number of nitro benzene ring substituents is 1. The second-order valence-corrected chi connectivity index (χ2v) is 6.82. The molecule has 33 heavy (non-hydrogen) atoms. The van der Waals surface area contributed by atoms with Gasteiger partial charge in [-0.2, -0.15) is 0 Å². The first-order valence-corrected chi connectivity index (χ1v) is 9.88. The van der Waals surface area contributed by atoms with Gasteiger partial charge in [-0.1, -0.05) is 18.2 Å². The second-order valence-electron chi connectivity index (χ2n) is 6.82. The van der Waals surface area contributed by atoms with Crippen molar-refractivity contribution in [3.63, 3.8) is 0 Å². The van der Waals surface area contributed by atoms with Gasteiger partial charge in [0, 0.05) is 6.07 Å². The van der Waals surface area contributed by atoms with Crippen molar-refractivity contribution in [3.05, 3.63) is 63.7 Å². The van der Waals surface area contributed by atoms with Crippen molar-refractivity contribution < 1.29 is 33.5 Å². The van der Waals surface area contributed by atoms with E-state index in [1.165, 1.54) is 19.1 Å². The SMILES string of the molecule is CCOc1cc(C=C2C(=O)NN(c3ccccc3)C2=O)cc([N+](=O)[O-])c1OC(C)C(=O)OC. The molecule has 0 aliphatic carbocycles. The quantitative estimate of drug-likeness (QED) is 0.211. The van der Waals surface area contributed by atoms with Crippen LogP contribution in [0.3, 0.4) is 0 Å². The molecule has 1 atom stereocenters. The van der Waals surface area contributed by atoms with Crippen LogP contribution in [0.1, 0.15) is 19.4 Å². The molecule has 11 heteroatoms. The van der Waals surface area contributed by atoms with Gasteiger partial charge < -0.3 is 14.2 Å². The highest BCUT2D eigenvalue weighted by Gasteiger charge is 2.35. The van der Waals surface area contributed by atoms with Gasteiger partial charge in [0.2, 0.25) is 5.75 Å². The van der Waals surface area contributed by atoms with Crippen LogP contribution >= 0.6 is 0 Å². The molecular formula is C22H21N3O8. The van der Waals surface area contributed by atoms with Gasteiger partial charge in [-0.3, -0.25) is 25.1 Å². The molecule has 1 heterocycles. The van der Waals surface area contributed by atoms with E-state index in [1.807, 2.05) is 0 Å². The minimum Gasteiger partial charge on any atom is -0.490 e. The van der Waals surface area contributed by atoms with Crippen LogP contribution in [0.15, 0.2) is 48.0 Å². The van der Waals surface area contributed by atoms with Crippen LogP contribution in [0.5, 0.6) is 11.5 Å². The van der Waals surface area contributed by atoms with E-state index in [2.05, 4.69) is 10.2 Å². The molecule has 1 saturated heterocycles. The number of ether oxygens (including phenoxy) is 3. The van der Waals surface area contributed by atoms with Crippen molar-refractivity contribution >= 4 is 35.2 Å². The van der Waals surface area contributed by atoms with Crippen molar-refractivity contribution in [1.29, 1.82) is 0 Å². The molecule has 2 aromatic carbocycles. The van der Waals surface area contributed by atoms with Gasteiger partial charge in [0.15, 0.2) is 11.9 Å². The van der Waals surface area contributed by atoms with Crippen molar-refractivity contribution in [3.8, 4) is 11.5 Å². The van der Waals surface area contributed by atoms with Gasteiger partial charge in [0.05, 0.1) is 24.3 Å². The molecule has 1 unspecified atom stereocenters. The Labute approximate surface area is 188 Å². The number of anilines is 1. The van der Waals surface area contributed by atoms with Crippen LogP contribution in [-0.4, -0.2) is 42.5 Å². The third kappa shape index (κ3) is 4.92. The zero-order valence-corrected chi connectivity index (χ0v) is 18.1. The van der Waals surface area contributed by atoms with Crippen LogP contribution in [0.2, 0.25) is 0 Å². The van der Waals surface area contributed by atoms with Crippen LogP contribution in [0, 0.1) is 10.1 Å². The van der Waals surface area contributed by atoms with Gasteiger partial charge in [-0.15, -0.1) is 0 Å². The number of amides is 2. The summed E-state index contributed by atoms with van der Waals surface area (Å²) in [7, 11) is 1.16. The summed E-state index contributed by atoms with van der Waals surface area (Å²) in [4.78, 5) is 48.0. The highest BCUT2D eigenvalue weighted by molar-refractivity contribution is 6.31. The zero-order chi connectivity index (χ0) is 24.1. The molecule has 2 amide bonds. The molecule has 0 saturated carbocycles. The lowest BCUT2D eigenvalue weighted by molar-refractivity contribution is -0.386. The molecule has 172 valence electrons. The lowest BCUT2D eigenvalue weighted by Gasteiger charge is -2.16. The van der Waals surface area contributed by atoms with Crippen molar-refractivity contribution in [1.82, 2.24) is 5.43 Å². The third-order valence-electron chi connectivity index (χ3n) is 4.60. The monoisotopic (exact) mass is 455 g/mol. The number of esters is 1. The third-order valence-corrected chi connectivity index (χ3v) is 4.60. The first-order chi connectivity index (χ1) is 15.8. The van der Waals surface area contributed by atoms with Crippen LogP contribution < -0.4 is 19.9 Å². The highest BCUT2D eigenvalue weighted by atomic mass is 16.6. The number of hydrazine groups is 1. The molecule has 0 bridgehead atoms. The molecule has 1 N–H and O–H groups in total. The predicted octanol–water partition coefficient (Wildman–Crippen LogP) is 2.40. The minimum atomic E-state index is -1.14. The summed E-state index contributed by atoms with van der Waals surface area (Å²) >= 11 is 0. The maximum atomic E-state index is 12.8. The number of para-hydroxylation sites is 1. The molecule has 2 aromatic rings. The number of hydrogen-bond donors (Lipinski definition) is 1. The van der Waals surface area contributed by atoms with Gasteiger partial charge in [0.1, 0.15) is 5.57 Å². The Kier molecular flexibility index (Phi) is 6.91. The van der Waals surface area contributed by atoms with E-state index in [9.17, 15) is 24.5 Å². The first-order valence-electron chi connectivity index (χ1n) is 9.88. The molecule has 11 nitrogen and oxygen atoms in total. The number of carbonyl (C=O) groups excluding carboxylic acids is 3. The van der Waals surface area contributed by atoms with Gasteiger partial charge >= 0.3 is 11.7 Å². The average Bonchev–Trinajstić information content (AvgIpc) is 3.08. The Morgan fingerprint density at radius 2 is 1.94 bits per heavy atom. The number of nitrogens with one attached hydrogen (secondary N) is 1. The Balaban J connectivity index is 2.03. The van der Waals surface area contributed by atoms with E-state index in [0.717, 1.165) is 18.2 Å². The van der Waals surface area contributed by atoms with Gasteiger partial charge in [-0.25, -0.2) is 9.80 Å². The molecule has 3 rings (SSSR count). The number of hydrogen-bond acceptors (Lipinski definition) is 8. The summed E-state index contributed by atoms with van der Waals surface area (Å²) in [5.41, 5.74) is 2.36. The normalized spacial score (nSPS) is 15.2. The van der Waals surface area contributed by atoms with E-state index in [1.54, 1.807) is 37.3 Å². The Morgan fingerprint density at radius 1 is 1.24 bits per heavy atom. The largest absolute Gasteiger partial charge is 0.490 e. The summed E-state index contributed by atoms with van der Waals surface area (Å²) < 4.78 is 15.5. The summed E-state index contributed by atoms with van der Waals surface area (Å²) in [6.45, 7) is 3.18. The van der Waals surface area contributed by atoms with E-state index < -0.39 is 34.5 Å². The molecule has 0 aromatic heterocycles. The van der Waals surface area contributed by atoms with E-state index in [0.29, 0.717) is 5.69 Å². The number of rotatable bonds is 8. The lowest BCUT2D eigenvalue weighted by atomic mass is 10.1.